The van der Waals surface area contributed by atoms with Gasteiger partial charge in [0, 0.05) is 19.6 Å². The molecule has 0 bridgehead atoms. The zero-order valence-electron chi connectivity index (χ0n) is 4.76. The first-order chi connectivity index (χ1) is 3.77. The molecule has 1 aliphatic rings. The van der Waals surface area contributed by atoms with Crippen molar-refractivity contribution in [3.8, 4) is 0 Å². The highest BCUT2D eigenvalue weighted by atomic mass is 16.5. The van der Waals surface area contributed by atoms with Crippen LogP contribution in [0.4, 0.5) is 0 Å². The summed E-state index contributed by atoms with van der Waals surface area (Å²) in [6.07, 6.45) is 0.684. The summed E-state index contributed by atoms with van der Waals surface area (Å²) in [4.78, 5) is 0. The molecule has 0 spiro atoms. The number of rotatable bonds is 1. The Hall–Kier alpha value is -0.120. The molecule has 0 aromatic rings. The Labute approximate surface area is 48.4 Å². The summed E-state index contributed by atoms with van der Waals surface area (Å²) in [7, 11) is 0. The molecule has 0 radical (unpaired) electrons. The molecule has 3 heteroatoms. The fraction of sp³-hybridized carbons (Fsp3) is 1.00. The van der Waals surface area contributed by atoms with Gasteiger partial charge in [-0.3, -0.25) is 0 Å². The van der Waals surface area contributed by atoms with Crippen molar-refractivity contribution in [1.29, 1.82) is 0 Å². The lowest BCUT2D eigenvalue weighted by Crippen LogP contribution is -2.37. The Kier molecular flexibility index (Phi) is 1.51. The number of nitrogens with two attached hydrogens (primary N) is 1. The van der Waals surface area contributed by atoms with Crippen LogP contribution in [0.1, 0.15) is 6.42 Å². The first-order valence-electron chi connectivity index (χ1n) is 2.77. The molecular weight excluding hydrogens is 106 g/mol. The molecule has 0 saturated carbocycles. The maximum Gasteiger partial charge on any atom is 0.102 e. The van der Waals surface area contributed by atoms with Crippen LogP contribution in [0.25, 0.3) is 0 Å². The van der Waals surface area contributed by atoms with Gasteiger partial charge in [-0.15, -0.1) is 0 Å². The number of aliphatic hydroxyl groups is 1. The van der Waals surface area contributed by atoms with Crippen LogP contribution < -0.4 is 5.73 Å². The van der Waals surface area contributed by atoms with Gasteiger partial charge in [0.2, 0.25) is 0 Å². The summed E-state index contributed by atoms with van der Waals surface area (Å²) in [5.41, 5.74) is 4.53. The van der Waals surface area contributed by atoms with E-state index in [-0.39, 0.29) is 0 Å². The molecule has 0 aliphatic carbocycles. The van der Waals surface area contributed by atoms with Crippen molar-refractivity contribution >= 4 is 0 Å². The lowest BCUT2D eigenvalue weighted by Gasteiger charge is -2.15. The molecule has 3 N–H and O–H groups in total. The molecule has 8 heavy (non-hydrogen) atoms. The minimum absolute atomic E-state index is 0.312. The van der Waals surface area contributed by atoms with Crippen LogP contribution in [0.5, 0.6) is 0 Å². The summed E-state index contributed by atoms with van der Waals surface area (Å²) in [5, 5.41) is 9.25. The van der Waals surface area contributed by atoms with Crippen molar-refractivity contribution in [3.63, 3.8) is 0 Å². The molecule has 48 valence electrons. The molecule has 0 aromatic heterocycles. The predicted molar refractivity (Wildman–Crippen MR) is 29.4 cm³/mol. The largest absolute Gasteiger partial charge is 0.386 e. The molecule has 3 nitrogen and oxygen atoms in total. The molecular formula is C5H11NO2. The molecule has 1 heterocycles. The minimum Gasteiger partial charge on any atom is -0.386 e. The van der Waals surface area contributed by atoms with Gasteiger partial charge in [0.05, 0.1) is 6.61 Å². The quantitative estimate of drug-likeness (QED) is 0.468. The SMILES string of the molecule is NC[C@@]1(O)CCOC1. The van der Waals surface area contributed by atoms with E-state index in [1.165, 1.54) is 0 Å². The van der Waals surface area contributed by atoms with Crippen molar-refractivity contribution in [2.75, 3.05) is 19.8 Å². The molecule has 1 rings (SSSR count). The van der Waals surface area contributed by atoms with Crippen molar-refractivity contribution < 1.29 is 9.84 Å². The first-order valence-corrected chi connectivity index (χ1v) is 2.77. The van der Waals surface area contributed by atoms with Crippen molar-refractivity contribution in [2.45, 2.75) is 12.0 Å². The molecule has 1 aliphatic heterocycles. The van der Waals surface area contributed by atoms with Crippen LogP contribution in [0.15, 0.2) is 0 Å². The van der Waals surface area contributed by atoms with Gasteiger partial charge in [-0.1, -0.05) is 0 Å². The Morgan fingerprint density at radius 3 is 2.75 bits per heavy atom. The van der Waals surface area contributed by atoms with Crippen LogP contribution >= 0.6 is 0 Å². The summed E-state index contributed by atoms with van der Waals surface area (Å²) in [5.74, 6) is 0. The highest BCUT2D eigenvalue weighted by molar-refractivity contribution is 4.82. The second-order valence-electron chi connectivity index (χ2n) is 2.23. The van der Waals surface area contributed by atoms with Crippen LogP contribution in [0.3, 0.4) is 0 Å². The first kappa shape index (κ1) is 6.01. The number of hydrogen-bond acceptors (Lipinski definition) is 3. The van der Waals surface area contributed by atoms with Gasteiger partial charge in [0.1, 0.15) is 5.60 Å². The van der Waals surface area contributed by atoms with Crippen LogP contribution in [0, 0.1) is 0 Å². The van der Waals surface area contributed by atoms with Crippen molar-refractivity contribution in [1.82, 2.24) is 0 Å². The van der Waals surface area contributed by atoms with E-state index in [0.29, 0.717) is 26.2 Å². The topological polar surface area (TPSA) is 55.5 Å². The number of hydrogen-bond donors (Lipinski definition) is 2. The van der Waals surface area contributed by atoms with Gasteiger partial charge in [-0.25, -0.2) is 0 Å². The zero-order valence-corrected chi connectivity index (χ0v) is 4.76. The van der Waals surface area contributed by atoms with Crippen LogP contribution in [-0.4, -0.2) is 30.5 Å². The zero-order chi connectivity index (χ0) is 6.04. The highest BCUT2D eigenvalue weighted by Crippen LogP contribution is 2.15. The van der Waals surface area contributed by atoms with E-state index in [1.807, 2.05) is 0 Å². The van der Waals surface area contributed by atoms with Gasteiger partial charge in [-0.2, -0.15) is 0 Å². The van der Waals surface area contributed by atoms with E-state index in [0.717, 1.165) is 0 Å². The highest BCUT2D eigenvalue weighted by Gasteiger charge is 2.29. The minimum atomic E-state index is -0.708. The van der Waals surface area contributed by atoms with E-state index >= 15 is 0 Å². The Bertz CT molecular complexity index is 78.5. The van der Waals surface area contributed by atoms with E-state index in [4.69, 9.17) is 10.5 Å². The summed E-state index contributed by atoms with van der Waals surface area (Å²) >= 11 is 0. The molecule has 1 saturated heterocycles. The van der Waals surface area contributed by atoms with Gasteiger partial charge >= 0.3 is 0 Å². The fourth-order valence-electron chi connectivity index (χ4n) is 0.757. The summed E-state index contributed by atoms with van der Waals surface area (Å²) in [6.45, 7) is 1.37. The summed E-state index contributed by atoms with van der Waals surface area (Å²) in [6, 6.07) is 0. The molecule has 0 amide bonds. The van der Waals surface area contributed by atoms with E-state index < -0.39 is 5.60 Å². The third kappa shape index (κ3) is 0.992. The summed E-state index contributed by atoms with van der Waals surface area (Å²) < 4.78 is 4.92. The predicted octanol–water partition coefficient (Wildman–Crippen LogP) is -0.904. The lowest BCUT2D eigenvalue weighted by atomic mass is 10.1. The van der Waals surface area contributed by atoms with E-state index in [9.17, 15) is 5.11 Å². The maximum atomic E-state index is 9.25. The third-order valence-corrected chi connectivity index (χ3v) is 1.46. The van der Waals surface area contributed by atoms with E-state index in [2.05, 4.69) is 0 Å². The van der Waals surface area contributed by atoms with Crippen molar-refractivity contribution in [2.24, 2.45) is 5.73 Å². The Morgan fingerprint density at radius 1 is 1.75 bits per heavy atom. The average Bonchev–Trinajstić information content (AvgIpc) is 2.17. The van der Waals surface area contributed by atoms with E-state index in [1.54, 1.807) is 0 Å². The second-order valence-corrected chi connectivity index (χ2v) is 2.23. The normalized spacial score (nSPS) is 38.2. The van der Waals surface area contributed by atoms with Crippen LogP contribution in [0.2, 0.25) is 0 Å². The molecule has 0 unspecified atom stereocenters. The average molecular weight is 117 g/mol. The van der Waals surface area contributed by atoms with Gasteiger partial charge in [0.25, 0.3) is 0 Å². The smallest absolute Gasteiger partial charge is 0.102 e. The molecule has 0 aromatic carbocycles. The fourth-order valence-corrected chi connectivity index (χ4v) is 0.757. The molecule has 1 fully saturated rings. The van der Waals surface area contributed by atoms with Gasteiger partial charge in [-0.05, 0) is 0 Å². The third-order valence-electron chi connectivity index (χ3n) is 1.46. The Morgan fingerprint density at radius 2 is 2.50 bits per heavy atom. The number of ether oxygens (including phenoxy) is 1. The second kappa shape index (κ2) is 2.01. The van der Waals surface area contributed by atoms with Gasteiger partial charge in [0.15, 0.2) is 0 Å². The lowest BCUT2D eigenvalue weighted by molar-refractivity contribution is 0.0345. The monoisotopic (exact) mass is 117 g/mol. The maximum absolute atomic E-state index is 9.25. The standard InChI is InChI=1S/C5H11NO2/c6-3-5(7)1-2-8-4-5/h7H,1-4,6H2/t5-/m0/s1. The van der Waals surface area contributed by atoms with Gasteiger partial charge < -0.3 is 15.6 Å². The Balaban J connectivity index is 2.40. The van der Waals surface area contributed by atoms with Crippen LogP contribution in [-0.2, 0) is 4.74 Å². The van der Waals surface area contributed by atoms with Crippen molar-refractivity contribution in [3.05, 3.63) is 0 Å². The molecule has 1 atom stereocenters.